The van der Waals surface area contributed by atoms with E-state index in [4.69, 9.17) is 17.3 Å². The molecule has 1 rings (SSSR count). The maximum absolute atomic E-state index is 5.62. The first kappa shape index (κ1) is 10.1. The van der Waals surface area contributed by atoms with Crippen LogP contribution >= 0.6 is 39.9 Å². The predicted molar refractivity (Wildman–Crippen MR) is 50.8 cm³/mol. The first-order valence-electron chi connectivity index (χ1n) is 2.40. The van der Waals surface area contributed by atoms with E-state index in [1.807, 2.05) is 6.07 Å². The number of rotatable bonds is 0. The fourth-order valence-corrected chi connectivity index (χ4v) is 0.942. The van der Waals surface area contributed by atoms with Crippen molar-refractivity contribution >= 4 is 45.6 Å². The Morgan fingerprint density at radius 3 is 2.40 bits per heavy atom. The van der Waals surface area contributed by atoms with Crippen LogP contribution in [0.25, 0.3) is 0 Å². The molecule has 0 aliphatic heterocycles. The van der Waals surface area contributed by atoms with E-state index in [2.05, 4.69) is 15.9 Å². The average molecular weight is 243 g/mol. The van der Waals surface area contributed by atoms with Crippen LogP contribution in [0, 0.1) is 0 Å². The lowest BCUT2D eigenvalue weighted by Gasteiger charge is -1.95. The Hall–Kier alpha value is 0.0800. The van der Waals surface area contributed by atoms with E-state index in [0.29, 0.717) is 10.7 Å². The summed E-state index contributed by atoms with van der Waals surface area (Å²) >= 11 is 8.86. The highest BCUT2D eigenvalue weighted by Gasteiger charge is 1.92. The molecule has 0 saturated carbocycles. The first-order chi connectivity index (χ1) is 4.20. The van der Waals surface area contributed by atoms with Gasteiger partial charge < -0.3 is 5.73 Å². The number of halogens is 3. The minimum absolute atomic E-state index is 0. The van der Waals surface area contributed by atoms with Gasteiger partial charge in [0.1, 0.15) is 0 Å². The largest absolute Gasteiger partial charge is 0.398 e. The predicted octanol–water partition coefficient (Wildman–Crippen LogP) is 3.11. The number of anilines is 1. The van der Waals surface area contributed by atoms with Crippen molar-refractivity contribution in [2.45, 2.75) is 0 Å². The van der Waals surface area contributed by atoms with Crippen molar-refractivity contribution in [1.29, 1.82) is 0 Å². The van der Waals surface area contributed by atoms with E-state index in [0.717, 1.165) is 4.47 Å². The van der Waals surface area contributed by atoms with E-state index in [1.165, 1.54) is 0 Å². The zero-order chi connectivity index (χ0) is 6.85. The average Bonchev–Trinajstić information content (AvgIpc) is 1.80. The summed E-state index contributed by atoms with van der Waals surface area (Å²) in [5.41, 5.74) is 6.16. The SMILES string of the molecule is Cl.Nc1cc(Cl)ccc1Br. The Labute approximate surface area is 79.1 Å². The summed E-state index contributed by atoms with van der Waals surface area (Å²) in [7, 11) is 0. The highest BCUT2D eigenvalue weighted by Crippen LogP contribution is 2.22. The normalized spacial score (nSPS) is 8.60. The van der Waals surface area contributed by atoms with Crippen molar-refractivity contribution < 1.29 is 0 Å². The molecule has 10 heavy (non-hydrogen) atoms. The van der Waals surface area contributed by atoms with Gasteiger partial charge in [0.25, 0.3) is 0 Å². The van der Waals surface area contributed by atoms with Crippen LogP contribution < -0.4 is 5.73 Å². The second-order valence-corrected chi connectivity index (χ2v) is 2.96. The molecule has 0 aliphatic rings. The van der Waals surface area contributed by atoms with Crippen LogP contribution in [0.1, 0.15) is 0 Å². The van der Waals surface area contributed by atoms with Gasteiger partial charge in [-0.05, 0) is 34.1 Å². The number of hydrogen-bond donors (Lipinski definition) is 1. The van der Waals surface area contributed by atoms with Gasteiger partial charge in [0.05, 0.1) is 0 Å². The van der Waals surface area contributed by atoms with E-state index in [1.54, 1.807) is 12.1 Å². The molecule has 0 aromatic heterocycles. The van der Waals surface area contributed by atoms with E-state index in [-0.39, 0.29) is 12.4 Å². The van der Waals surface area contributed by atoms with E-state index >= 15 is 0 Å². The summed E-state index contributed by atoms with van der Waals surface area (Å²) in [5.74, 6) is 0. The van der Waals surface area contributed by atoms with Gasteiger partial charge in [-0.25, -0.2) is 0 Å². The van der Waals surface area contributed by atoms with Crippen molar-refractivity contribution in [1.82, 2.24) is 0 Å². The molecule has 0 bridgehead atoms. The smallest absolute Gasteiger partial charge is 0.0473 e. The monoisotopic (exact) mass is 241 g/mol. The molecule has 0 spiro atoms. The van der Waals surface area contributed by atoms with Gasteiger partial charge in [0, 0.05) is 15.2 Å². The summed E-state index contributed by atoms with van der Waals surface area (Å²) < 4.78 is 0.881. The molecule has 0 radical (unpaired) electrons. The summed E-state index contributed by atoms with van der Waals surface area (Å²) in [6.45, 7) is 0. The van der Waals surface area contributed by atoms with Crippen LogP contribution in [-0.2, 0) is 0 Å². The maximum atomic E-state index is 5.62. The molecule has 0 unspecified atom stereocenters. The fraction of sp³-hybridized carbons (Fsp3) is 0. The number of hydrogen-bond acceptors (Lipinski definition) is 1. The van der Waals surface area contributed by atoms with Crippen LogP contribution in [0.5, 0.6) is 0 Å². The molecule has 1 aromatic carbocycles. The number of benzene rings is 1. The Balaban J connectivity index is 0.000000810. The van der Waals surface area contributed by atoms with Gasteiger partial charge in [-0.1, -0.05) is 11.6 Å². The van der Waals surface area contributed by atoms with Crippen molar-refractivity contribution in [3.05, 3.63) is 27.7 Å². The maximum Gasteiger partial charge on any atom is 0.0473 e. The van der Waals surface area contributed by atoms with Gasteiger partial charge in [0.2, 0.25) is 0 Å². The summed E-state index contributed by atoms with van der Waals surface area (Å²) in [6.07, 6.45) is 0. The van der Waals surface area contributed by atoms with Gasteiger partial charge in [-0.3, -0.25) is 0 Å². The summed E-state index contributed by atoms with van der Waals surface area (Å²) in [4.78, 5) is 0. The van der Waals surface area contributed by atoms with Crippen LogP contribution in [0.15, 0.2) is 22.7 Å². The van der Waals surface area contributed by atoms with Crippen LogP contribution in [0.3, 0.4) is 0 Å². The standard InChI is InChI=1S/C6H5BrClN.ClH/c7-5-2-1-4(8)3-6(5)9;/h1-3H,9H2;1H. The topological polar surface area (TPSA) is 26.0 Å². The van der Waals surface area contributed by atoms with Gasteiger partial charge in [-0.15, -0.1) is 12.4 Å². The van der Waals surface area contributed by atoms with Gasteiger partial charge in [-0.2, -0.15) is 0 Å². The lowest BCUT2D eigenvalue weighted by atomic mass is 10.3. The molecule has 2 N–H and O–H groups in total. The highest BCUT2D eigenvalue weighted by atomic mass is 79.9. The minimum Gasteiger partial charge on any atom is -0.398 e. The highest BCUT2D eigenvalue weighted by molar-refractivity contribution is 9.10. The number of nitrogens with two attached hydrogens (primary N) is 1. The van der Waals surface area contributed by atoms with E-state index in [9.17, 15) is 0 Å². The van der Waals surface area contributed by atoms with Crippen molar-refractivity contribution in [2.24, 2.45) is 0 Å². The molecular formula is C6H6BrCl2N. The summed E-state index contributed by atoms with van der Waals surface area (Å²) in [6, 6.07) is 5.30. The molecule has 0 amide bonds. The molecule has 0 atom stereocenters. The Kier molecular flexibility index (Phi) is 4.09. The number of nitrogen functional groups attached to an aromatic ring is 1. The summed E-state index contributed by atoms with van der Waals surface area (Å²) in [5, 5.41) is 0.663. The Morgan fingerprint density at radius 2 is 2.00 bits per heavy atom. The Bertz CT molecular complexity index is 227. The second-order valence-electron chi connectivity index (χ2n) is 1.67. The van der Waals surface area contributed by atoms with E-state index < -0.39 is 0 Å². The fourth-order valence-electron chi connectivity index (χ4n) is 0.515. The molecular weight excluding hydrogens is 237 g/mol. The molecule has 1 aromatic rings. The van der Waals surface area contributed by atoms with Gasteiger partial charge in [0.15, 0.2) is 0 Å². The molecule has 0 aliphatic carbocycles. The quantitative estimate of drug-likeness (QED) is 0.696. The third-order valence-electron chi connectivity index (χ3n) is 0.958. The van der Waals surface area contributed by atoms with Crippen LogP contribution in [-0.4, -0.2) is 0 Å². The third kappa shape index (κ3) is 2.37. The third-order valence-corrected chi connectivity index (χ3v) is 1.92. The molecule has 0 heterocycles. The minimum atomic E-state index is 0. The molecule has 0 saturated heterocycles. The van der Waals surface area contributed by atoms with Gasteiger partial charge >= 0.3 is 0 Å². The zero-order valence-corrected chi connectivity index (χ0v) is 8.13. The lowest BCUT2D eigenvalue weighted by molar-refractivity contribution is 1.63. The van der Waals surface area contributed by atoms with Crippen molar-refractivity contribution in [3.8, 4) is 0 Å². The molecule has 1 nitrogen and oxygen atoms in total. The second kappa shape index (κ2) is 4.06. The molecule has 4 heteroatoms. The van der Waals surface area contributed by atoms with Crippen LogP contribution in [0.2, 0.25) is 5.02 Å². The molecule has 0 fully saturated rings. The zero-order valence-electron chi connectivity index (χ0n) is 4.97. The Morgan fingerprint density at radius 1 is 1.40 bits per heavy atom. The van der Waals surface area contributed by atoms with Crippen LogP contribution in [0.4, 0.5) is 5.69 Å². The molecule has 56 valence electrons. The van der Waals surface area contributed by atoms with Crippen molar-refractivity contribution in [2.75, 3.05) is 5.73 Å². The van der Waals surface area contributed by atoms with Crippen molar-refractivity contribution in [3.63, 3.8) is 0 Å². The lowest BCUT2D eigenvalue weighted by Crippen LogP contribution is -1.84. The first-order valence-corrected chi connectivity index (χ1v) is 3.58.